The molecule has 3 atom stereocenters. The van der Waals surface area contributed by atoms with Crippen molar-refractivity contribution in [2.75, 3.05) is 11.6 Å². The summed E-state index contributed by atoms with van der Waals surface area (Å²) in [5, 5.41) is 30.0. The minimum absolute atomic E-state index is 0.321. The zero-order chi connectivity index (χ0) is 15.9. The highest BCUT2D eigenvalue weighted by Gasteiger charge is 2.55. The van der Waals surface area contributed by atoms with Gasteiger partial charge in [0.2, 0.25) is 16.8 Å². The van der Waals surface area contributed by atoms with Gasteiger partial charge in [0.05, 0.1) is 0 Å². The molecule has 0 aliphatic carbocycles. The van der Waals surface area contributed by atoms with Gasteiger partial charge >= 0.3 is 0 Å². The first-order chi connectivity index (χ1) is 10.4. The minimum Gasteiger partial charge on any atom is -0.364 e. The molecule has 0 fully saturated rings. The quantitative estimate of drug-likeness (QED) is 0.501. The van der Waals surface area contributed by atoms with Gasteiger partial charge in [0, 0.05) is 4.92 Å². The van der Waals surface area contributed by atoms with Crippen molar-refractivity contribution in [2.24, 2.45) is 0 Å². The maximum absolute atomic E-state index is 11.6. The van der Waals surface area contributed by atoms with Crippen molar-refractivity contribution < 1.29 is 10.0 Å². The predicted octanol–water partition coefficient (Wildman–Crippen LogP) is 1.48. The number of aromatic nitrogens is 3. The van der Waals surface area contributed by atoms with Gasteiger partial charge < -0.3 is 10.4 Å². The van der Waals surface area contributed by atoms with E-state index in [0.717, 1.165) is 0 Å². The largest absolute Gasteiger partial charge is 0.364 e. The maximum atomic E-state index is 11.6. The van der Waals surface area contributed by atoms with E-state index in [-0.39, 0.29) is 0 Å². The maximum Gasteiger partial charge on any atom is 0.285 e. The Labute approximate surface area is 130 Å². The molecule has 1 aromatic heterocycles. The fraction of sp³-hybridized carbons (Fsp3) is 0.385. The smallest absolute Gasteiger partial charge is 0.285 e. The molecule has 22 heavy (non-hydrogen) atoms. The highest BCUT2D eigenvalue weighted by molar-refractivity contribution is 7.98. The van der Waals surface area contributed by atoms with Gasteiger partial charge in [-0.15, -0.1) is 5.10 Å². The van der Waals surface area contributed by atoms with Crippen LogP contribution in [0.5, 0.6) is 0 Å². The molecular formula is C13H15N5O3S. The number of nitrogens with zero attached hydrogens (tertiary/aromatic N) is 4. The van der Waals surface area contributed by atoms with Crippen molar-refractivity contribution in [3.8, 4) is 0 Å². The zero-order valence-electron chi connectivity index (χ0n) is 12.0. The Bertz CT molecular complexity index is 703. The lowest BCUT2D eigenvalue weighted by molar-refractivity contribution is -0.558. The van der Waals surface area contributed by atoms with Crippen molar-refractivity contribution in [1.29, 1.82) is 0 Å². The Morgan fingerprint density at radius 3 is 2.73 bits per heavy atom. The van der Waals surface area contributed by atoms with Gasteiger partial charge in [-0.2, -0.15) is 9.67 Å². The highest BCUT2D eigenvalue weighted by atomic mass is 32.2. The Hall–Kier alpha value is -2.13. The molecule has 0 bridgehead atoms. The predicted molar refractivity (Wildman–Crippen MR) is 81.3 cm³/mol. The summed E-state index contributed by atoms with van der Waals surface area (Å²) in [6.07, 6.45) is 1.80. The number of hydrogen-bond donors (Lipinski definition) is 2. The monoisotopic (exact) mass is 321 g/mol. The third-order valence-corrected chi connectivity index (χ3v) is 4.28. The van der Waals surface area contributed by atoms with Gasteiger partial charge in [-0.25, -0.2) is 0 Å². The van der Waals surface area contributed by atoms with Crippen LogP contribution in [0.25, 0.3) is 0 Å². The average molecular weight is 321 g/mol. The number of rotatable bonds is 3. The Morgan fingerprint density at radius 1 is 1.45 bits per heavy atom. The van der Waals surface area contributed by atoms with Gasteiger partial charge in [-0.05, 0) is 18.7 Å². The zero-order valence-corrected chi connectivity index (χ0v) is 12.8. The van der Waals surface area contributed by atoms with Crippen LogP contribution in [-0.4, -0.2) is 37.1 Å². The van der Waals surface area contributed by atoms with Crippen LogP contribution < -0.4 is 5.32 Å². The minimum atomic E-state index is -1.79. The molecule has 2 aromatic rings. The number of fused-ring (bicyclic) bond motifs is 1. The van der Waals surface area contributed by atoms with Crippen LogP contribution in [0.15, 0.2) is 35.5 Å². The second kappa shape index (κ2) is 5.25. The molecule has 1 aliphatic rings. The van der Waals surface area contributed by atoms with Crippen LogP contribution in [-0.2, 0) is 5.72 Å². The van der Waals surface area contributed by atoms with Crippen molar-refractivity contribution >= 4 is 17.7 Å². The van der Waals surface area contributed by atoms with E-state index in [1.165, 1.54) is 23.4 Å². The summed E-state index contributed by atoms with van der Waals surface area (Å²) >= 11 is 1.31. The Kier molecular flexibility index (Phi) is 3.53. The first kappa shape index (κ1) is 14.8. The number of anilines is 1. The van der Waals surface area contributed by atoms with E-state index < -0.39 is 22.7 Å². The molecule has 116 valence electrons. The van der Waals surface area contributed by atoms with E-state index in [2.05, 4.69) is 15.4 Å². The van der Waals surface area contributed by atoms with Crippen LogP contribution in [0.4, 0.5) is 5.95 Å². The van der Waals surface area contributed by atoms with Crippen molar-refractivity contribution in [1.82, 2.24) is 14.8 Å². The first-order valence-electron chi connectivity index (χ1n) is 6.64. The second-order valence-electron chi connectivity index (χ2n) is 5.19. The summed E-state index contributed by atoms with van der Waals surface area (Å²) in [5.41, 5.74) is -1.07. The van der Waals surface area contributed by atoms with E-state index in [9.17, 15) is 15.2 Å². The van der Waals surface area contributed by atoms with E-state index in [4.69, 9.17) is 0 Å². The summed E-state index contributed by atoms with van der Waals surface area (Å²) < 4.78 is 1.19. The van der Waals surface area contributed by atoms with E-state index in [1.54, 1.807) is 30.5 Å². The number of thioether (sulfide) groups is 1. The fourth-order valence-electron chi connectivity index (χ4n) is 2.70. The molecule has 3 rings (SSSR count). The standard InChI is InChI=1S/C13H15N5O3S/c1-13(19)10(18(20)21)9(8-6-4-3-5-7-8)14-11-15-12(22-2)16-17(11)13/h3-7,9-10,19H,1-2H3,(H,14,15,16). The molecule has 8 nitrogen and oxygen atoms in total. The molecule has 2 N–H and O–H groups in total. The lowest BCUT2D eigenvalue weighted by Gasteiger charge is -2.37. The lowest BCUT2D eigenvalue weighted by atomic mass is 9.91. The van der Waals surface area contributed by atoms with Crippen molar-refractivity contribution in [3.05, 3.63) is 46.0 Å². The van der Waals surface area contributed by atoms with E-state index >= 15 is 0 Å². The third-order valence-electron chi connectivity index (χ3n) is 3.75. The molecular weight excluding hydrogens is 306 g/mol. The van der Waals surface area contributed by atoms with Gasteiger partial charge in [-0.1, -0.05) is 42.1 Å². The molecule has 0 amide bonds. The van der Waals surface area contributed by atoms with E-state index in [1.807, 2.05) is 6.07 Å². The van der Waals surface area contributed by atoms with Crippen molar-refractivity contribution in [2.45, 2.75) is 29.9 Å². The Balaban J connectivity index is 2.14. The summed E-state index contributed by atoms with van der Waals surface area (Å²) in [7, 11) is 0. The molecule has 9 heteroatoms. The van der Waals surface area contributed by atoms with Gasteiger partial charge in [0.15, 0.2) is 0 Å². The summed E-state index contributed by atoms with van der Waals surface area (Å²) in [6.45, 7) is 1.39. The first-order valence-corrected chi connectivity index (χ1v) is 7.86. The summed E-state index contributed by atoms with van der Waals surface area (Å²) in [5.74, 6) is 0.321. The molecule has 0 saturated heterocycles. The molecule has 1 aliphatic heterocycles. The lowest BCUT2D eigenvalue weighted by Crippen LogP contribution is -2.56. The number of aliphatic hydroxyl groups is 1. The normalized spacial score (nSPS) is 27.0. The SMILES string of the molecule is CSc1nc2n(n1)C(C)(O)C([N+](=O)[O-])C(c1ccccc1)N2. The summed E-state index contributed by atoms with van der Waals surface area (Å²) in [6, 6.07) is 7.01. The molecule has 3 unspecified atom stereocenters. The van der Waals surface area contributed by atoms with Gasteiger partial charge in [0.1, 0.15) is 6.04 Å². The molecule has 0 saturated carbocycles. The fourth-order valence-corrected chi connectivity index (χ4v) is 3.04. The number of nitro groups is 1. The average Bonchev–Trinajstić information content (AvgIpc) is 2.91. The molecule has 1 aromatic carbocycles. The van der Waals surface area contributed by atoms with Crippen LogP contribution in [0.3, 0.4) is 0 Å². The third kappa shape index (κ3) is 2.22. The van der Waals surface area contributed by atoms with Crippen molar-refractivity contribution in [3.63, 3.8) is 0 Å². The second-order valence-corrected chi connectivity index (χ2v) is 5.96. The summed E-state index contributed by atoms with van der Waals surface area (Å²) in [4.78, 5) is 15.4. The van der Waals surface area contributed by atoms with E-state index in [0.29, 0.717) is 16.7 Å². The van der Waals surface area contributed by atoms with Gasteiger partial charge in [0.25, 0.3) is 6.04 Å². The van der Waals surface area contributed by atoms with Crippen LogP contribution in [0.2, 0.25) is 0 Å². The van der Waals surface area contributed by atoms with Crippen LogP contribution in [0.1, 0.15) is 18.5 Å². The number of hydrogen-bond acceptors (Lipinski definition) is 7. The van der Waals surface area contributed by atoms with Crippen LogP contribution >= 0.6 is 11.8 Å². The van der Waals surface area contributed by atoms with Crippen LogP contribution in [0, 0.1) is 10.1 Å². The molecule has 2 heterocycles. The topological polar surface area (TPSA) is 106 Å². The van der Waals surface area contributed by atoms with Gasteiger partial charge in [-0.3, -0.25) is 10.1 Å². The highest BCUT2D eigenvalue weighted by Crippen LogP contribution is 2.38. The number of nitrogens with one attached hydrogen (secondary N) is 1. The number of benzene rings is 1. The Morgan fingerprint density at radius 2 is 2.14 bits per heavy atom. The molecule has 0 spiro atoms. The molecule has 0 radical (unpaired) electrons.